The van der Waals surface area contributed by atoms with Gasteiger partial charge in [-0.2, -0.15) is 0 Å². The summed E-state index contributed by atoms with van der Waals surface area (Å²) in [6, 6.07) is 17.3. The van der Waals surface area contributed by atoms with Gasteiger partial charge in [0.15, 0.2) is 5.96 Å². The maximum atomic E-state index is 5.68. The van der Waals surface area contributed by atoms with E-state index in [2.05, 4.69) is 15.6 Å². The van der Waals surface area contributed by atoms with Gasteiger partial charge in [0.2, 0.25) is 0 Å². The van der Waals surface area contributed by atoms with Crippen molar-refractivity contribution in [2.75, 3.05) is 40.5 Å². The fraction of sp³-hybridized carbons (Fsp3) is 0.316. The highest BCUT2D eigenvalue weighted by molar-refractivity contribution is 5.79. The van der Waals surface area contributed by atoms with E-state index in [-0.39, 0.29) is 0 Å². The Labute approximate surface area is 148 Å². The molecule has 0 radical (unpaired) electrons. The molecule has 0 fully saturated rings. The normalized spacial score (nSPS) is 10.9. The number of hydrogen-bond donors (Lipinski definition) is 2. The van der Waals surface area contributed by atoms with E-state index in [1.165, 1.54) is 0 Å². The molecule has 0 bridgehead atoms. The van der Waals surface area contributed by atoms with Crippen LogP contribution in [0.2, 0.25) is 0 Å². The summed E-state index contributed by atoms with van der Waals surface area (Å²) < 4.78 is 16.5. The number of para-hydroxylation sites is 1. The van der Waals surface area contributed by atoms with E-state index in [4.69, 9.17) is 14.2 Å². The summed E-state index contributed by atoms with van der Waals surface area (Å²) in [5, 5.41) is 6.39. The fourth-order valence-corrected chi connectivity index (χ4v) is 2.10. The number of nitrogens with one attached hydrogen (secondary N) is 2. The molecule has 134 valence electrons. The molecule has 2 aromatic rings. The fourth-order valence-electron chi connectivity index (χ4n) is 2.10. The second kappa shape index (κ2) is 10.8. The van der Waals surface area contributed by atoms with Crippen LogP contribution in [-0.2, 0) is 0 Å². The maximum absolute atomic E-state index is 5.68. The third-order valence-electron chi connectivity index (χ3n) is 3.33. The molecule has 0 amide bonds. The Bertz CT molecular complexity index is 647. The Hall–Kier alpha value is -2.89. The van der Waals surface area contributed by atoms with E-state index in [1.54, 1.807) is 14.2 Å². The van der Waals surface area contributed by atoms with Crippen molar-refractivity contribution < 1.29 is 14.2 Å². The highest BCUT2D eigenvalue weighted by Crippen LogP contribution is 2.18. The van der Waals surface area contributed by atoms with Gasteiger partial charge >= 0.3 is 0 Å². The van der Waals surface area contributed by atoms with Gasteiger partial charge in [0.1, 0.15) is 30.5 Å². The van der Waals surface area contributed by atoms with Crippen molar-refractivity contribution in [1.82, 2.24) is 10.6 Å². The molecule has 0 aliphatic heterocycles. The first kappa shape index (κ1) is 18.4. The van der Waals surface area contributed by atoms with E-state index < -0.39 is 0 Å². The lowest BCUT2D eigenvalue weighted by molar-refractivity contribution is 0.315. The SMILES string of the molecule is CN=C(NCCOc1ccccc1)NCCOc1cccc(OC)c1. The molecule has 0 spiro atoms. The first-order valence-electron chi connectivity index (χ1n) is 8.21. The topological polar surface area (TPSA) is 64.1 Å². The number of methoxy groups -OCH3 is 1. The van der Waals surface area contributed by atoms with Crippen molar-refractivity contribution in [2.45, 2.75) is 0 Å². The van der Waals surface area contributed by atoms with Crippen molar-refractivity contribution >= 4 is 5.96 Å². The van der Waals surface area contributed by atoms with Gasteiger partial charge in [-0.05, 0) is 24.3 Å². The number of hydrogen-bond acceptors (Lipinski definition) is 4. The summed E-state index contributed by atoms with van der Waals surface area (Å²) in [5.41, 5.74) is 0. The van der Waals surface area contributed by atoms with Crippen LogP contribution in [-0.4, -0.2) is 46.4 Å². The molecular weight excluding hydrogens is 318 g/mol. The van der Waals surface area contributed by atoms with Gasteiger partial charge in [0.25, 0.3) is 0 Å². The van der Waals surface area contributed by atoms with Gasteiger partial charge in [-0.15, -0.1) is 0 Å². The zero-order valence-corrected chi connectivity index (χ0v) is 14.7. The minimum atomic E-state index is 0.522. The third kappa shape index (κ3) is 7.03. The monoisotopic (exact) mass is 343 g/mol. The number of ether oxygens (including phenoxy) is 3. The van der Waals surface area contributed by atoms with E-state index in [0.29, 0.717) is 32.3 Å². The molecule has 2 rings (SSSR count). The van der Waals surface area contributed by atoms with E-state index >= 15 is 0 Å². The van der Waals surface area contributed by atoms with Gasteiger partial charge in [0.05, 0.1) is 20.2 Å². The van der Waals surface area contributed by atoms with E-state index in [0.717, 1.165) is 17.2 Å². The van der Waals surface area contributed by atoms with Gasteiger partial charge in [-0.3, -0.25) is 4.99 Å². The Balaban J connectivity index is 1.60. The molecule has 0 saturated heterocycles. The molecule has 2 aromatic carbocycles. The molecule has 0 unspecified atom stereocenters. The van der Waals surface area contributed by atoms with Crippen molar-refractivity contribution in [3.05, 3.63) is 54.6 Å². The predicted molar refractivity (Wildman–Crippen MR) is 99.8 cm³/mol. The largest absolute Gasteiger partial charge is 0.497 e. The Morgan fingerprint density at radius 2 is 1.44 bits per heavy atom. The van der Waals surface area contributed by atoms with Crippen molar-refractivity contribution in [3.63, 3.8) is 0 Å². The number of benzene rings is 2. The van der Waals surface area contributed by atoms with Gasteiger partial charge in [0, 0.05) is 13.1 Å². The molecule has 0 saturated carbocycles. The molecule has 0 aliphatic carbocycles. The highest BCUT2D eigenvalue weighted by atomic mass is 16.5. The molecule has 6 heteroatoms. The molecular formula is C19H25N3O3. The molecule has 0 atom stereocenters. The molecule has 0 aliphatic rings. The average Bonchev–Trinajstić information content (AvgIpc) is 2.67. The Morgan fingerprint density at radius 3 is 2.08 bits per heavy atom. The third-order valence-corrected chi connectivity index (χ3v) is 3.33. The smallest absolute Gasteiger partial charge is 0.191 e. The summed E-state index contributed by atoms with van der Waals surface area (Å²) in [5.74, 6) is 3.13. The van der Waals surface area contributed by atoms with Gasteiger partial charge < -0.3 is 24.8 Å². The van der Waals surface area contributed by atoms with Crippen LogP contribution in [0.1, 0.15) is 0 Å². The minimum absolute atomic E-state index is 0.522. The zero-order valence-electron chi connectivity index (χ0n) is 14.7. The Kier molecular flexibility index (Phi) is 7.97. The minimum Gasteiger partial charge on any atom is -0.497 e. The summed E-state index contributed by atoms with van der Waals surface area (Å²) in [6.07, 6.45) is 0. The maximum Gasteiger partial charge on any atom is 0.191 e. The number of nitrogens with zero attached hydrogens (tertiary/aromatic N) is 1. The zero-order chi connectivity index (χ0) is 17.7. The first-order chi connectivity index (χ1) is 12.3. The number of guanidine groups is 1. The number of aliphatic imine (C=N–C) groups is 1. The van der Waals surface area contributed by atoms with Crippen LogP contribution in [0, 0.1) is 0 Å². The van der Waals surface area contributed by atoms with Crippen LogP contribution in [0.5, 0.6) is 17.2 Å². The predicted octanol–water partition coefficient (Wildman–Crippen LogP) is 2.32. The lowest BCUT2D eigenvalue weighted by Gasteiger charge is -2.13. The lowest BCUT2D eigenvalue weighted by Crippen LogP contribution is -2.40. The standard InChI is InChI=1S/C19H25N3O3/c1-20-19(21-11-13-24-16-7-4-3-5-8-16)22-12-14-25-18-10-6-9-17(15-18)23-2/h3-10,15H,11-14H2,1-2H3,(H2,20,21,22). The molecule has 0 aromatic heterocycles. The van der Waals surface area contributed by atoms with Crippen LogP contribution < -0.4 is 24.8 Å². The van der Waals surface area contributed by atoms with Crippen molar-refractivity contribution in [3.8, 4) is 17.2 Å². The summed E-state index contributed by atoms with van der Waals surface area (Å²) in [6.45, 7) is 2.38. The average molecular weight is 343 g/mol. The summed E-state index contributed by atoms with van der Waals surface area (Å²) in [4.78, 5) is 4.17. The number of rotatable bonds is 9. The van der Waals surface area contributed by atoms with Crippen LogP contribution in [0.3, 0.4) is 0 Å². The van der Waals surface area contributed by atoms with Crippen LogP contribution in [0.4, 0.5) is 0 Å². The molecule has 6 nitrogen and oxygen atoms in total. The lowest BCUT2D eigenvalue weighted by atomic mass is 10.3. The molecule has 25 heavy (non-hydrogen) atoms. The van der Waals surface area contributed by atoms with Gasteiger partial charge in [-0.1, -0.05) is 24.3 Å². The quantitative estimate of drug-likeness (QED) is 0.416. The summed E-state index contributed by atoms with van der Waals surface area (Å²) in [7, 11) is 3.37. The highest BCUT2D eigenvalue weighted by Gasteiger charge is 1.99. The van der Waals surface area contributed by atoms with Crippen LogP contribution in [0.25, 0.3) is 0 Å². The van der Waals surface area contributed by atoms with Crippen LogP contribution >= 0.6 is 0 Å². The first-order valence-corrected chi connectivity index (χ1v) is 8.21. The van der Waals surface area contributed by atoms with E-state index in [9.17, 15) is 0 Å². The van der Waals surface area contributed by atoms with E-state index in [1.807, 2.05) is 54.6 Å². The van der Waals surface area contributed by atoms with Crippen molar-refractivity contribution in [1.29, 1.82) is 0 Å². The molecule has 2 N–H and O–H groups in total. The van der Waals surface area contributed by atoms with Gasteiger partial charge in [-0.25, -0.2) is 0 Å². The second-order valence-corrected chi connectivity index (χ2v) is 5.11. The summed E-state index contributed by atoms with van der Waals surface area (Å²) >= 11 is 0. The van der Waals surface area contributed by atoms with Crippen LogP contribution in [0.15, 0.2) is 59.6 Å². The molecule has 0 heterocycles. The second-order valence-electron chi connectivity index (χ2n) is 5.11. The van der Waals surface area contributed by atoms with Crippen molar-refractivity contribution in [2.24, 2.45) is 4.99 Å². The Morgan fingerprint density at radius 1 is 0.840 bits per heavy atom.